The largest absolute Gasteiger partial charge is 0.497 e. The van der Waals surface area contributed by atoms with Crippen molar-refractivity contribution >= 4 is 17.5 Å². The molecule has 0 aliphatic carbocycles. The molecule has 0 aliphatic heterocycles. The second kappa shape index (κ2) is 8.69. The molecule has 1 N–H and O–H groups in total. The van der Waals surface area contributed by atoms with E-state index in [0.29, 0.717) is 22.7 Å². The SMILES string of the molecule is COc1cccc(Cc2ncc(Cl)cc2C(=O)N[C@@H](C)c2ccccc2)c1. The van der Waals surface area contributed by atoms with Gasteiger partial charge in [0, 0.05) is 12.6 Å². The topological polar surface area (TPSA) is 51.2 Å². The highest BCUT2D eigenvalue weighted by molar-refractivity contribution is 6.30. The number of nitrogens with one attached hydrogen (secondary N) is 1. The predicted octanol–water partition coefficient (Wildman–Crippen LogP) is 4.83. The van der Waals surface area contributed by atoms with Gasteiger partial charge >= 0.3 is 0 Å². The minimum atomic E-state index is -0.195. The van der Waals surface area contributed by atoms with Crippen LogP contribution in [-0.2, 0) is 6.42 Å². The summed E-state index contributed by atoms with van der Waals surface area (Å²) in [6, 6.07) is 19.1. The average molecular weight is 381 g/mol. The van der Waals surface area contributed by atoms with E-state index in [1.165, 1.54) is 0 Å². The zero-order valence-electron chi connectivity index (χ0n) is 15.3. The summed E-state index contributed by atoms with van der Waals surface area (Å²) < 4.78 is 5.27. The summed E-state index contributed by atoms with van der Waals surface area (Å²) in [5, 5.41) is 3.46. The highest BCUT2D eigenvalue weighted by atomic mass is 35.5. The van der Waals surface area contributed by atoms with Crippen molar-refractivity contribution in [2.75, 3.05) is 7.11 Å². The predicted molar refractivity (Wildman–Crippen MR) is 107 cm³/mol. The third kappa shape index (κ3) is 4.86. The molecule has 2 aromatic carbocycles. The zero-order chi connectivity index (χ0) is 19.2. The van der Waals surface area contributed by atoms with Gasteiger partial charge in [-0.05, 0) is 36.2 Å². The second-order valence-corrected chi connectivity index (χ2v) is 6.72. The first kappa shape index (κ1) is 18.9. The normalized spacial score (nSPS) is 11.7. The molecule has 0 fully saturated rings. The number of carbonyl (C=O) groups is 1. The van der Waals surface area contributed by atoms with Crippen molar-refractivity contribution in [1.82, 2.24) is 10.3 Å². The van der Waals surface area contributed by atoms with Crippen LogP contribution in [0.4, 0.5) is 0 Å². The van der Waals surface area contributed by atoms with Gasteiger partial charge in [-0.3, -0.25) is 9.78 Å². The van der Waals surface area contributed by atoms with Crippen molar-refractivity contribution in [2.24, 2.45) is 0 Å². The van der Waals surface area contributed by atoms with Crippen LogP contribution in [0.25, 0.3) is 0 Å². The molecule has 0 saturated heterocycles. The Morgan fingerprint density at radius 2 is 1.93 bits per heavy atom. The summed E-state index contributed by atoms with van der Waals surface area (Å²) in [6.07, 6.45) is 2.07. The van der Waals surface area contributed by atoms with E-state index in [4.69, 9.17) is 16.3 Å². The molecule has 0 radical (unpaired) electrons. The quantitative estimate of drug-likeness (QED) is 0.666. The van der Waals surface area contributed by atoms with Crippen molar-refractivity contribution in [3.8, 4) is 5.75 Å². The van der Waals surface area contributed by atoms with E-state index in [2.05, 4.69) is 10.3 Å². The minimum Gasteiger partial charge on any atom is -0.497 e. The van der Waals surface area contributed by atoms with Gasteiger partial charge in [0.25, 0.3) is 5.91 Å². The summed E-state index contributed by atoms with van der Waals surface area (Å²) in [4.78, 5) is 17.3. The fourth-order valence-corrected chi connectivity index (χ4v) is 3.04. The standard InChI is InChI=1S/C22H21ClN2O2/c1-15(17-8-4-3-5-9-17)25-22(26)20-13-18(23)14-24-21(20)12-16-7-6-10-19(11-16)27-2/h3-11,13-15H,12H2,1-2H3,(H,25,26)/t15-/m0/s1. The van der Waals surface area contributed by atoms with Crippen molar-refractivity contribution in [3.63, 3.8) is 0 Å². The van der Waals surface area contributed by atoms with Crippen LogP contribution in [0.1, 0.15) is 40.1 Å². The first-order valence-corrected chi connectivity index (χ1v) is 9.08. The Bertz CT molecular complexity index is 929. The first-order valence-electron chi connectivity index (χ1n) is 8.70. The van der Waals surface area contributed by atoms with Crippen LogP contribution in [0, 0.1) is 0 Å². The van der Waals surface area contributed by atoms with Gasteiger partial charge in [-0.2, -0.15) is 0 Å². The molecule has 1 amide bonds. The first-order chi connectivity index (χ1) is 13.1. The van der Waals surface area contributed by atoms with Crippen LogP contribution in [0.3, 0.4) is 0 Å². The number of hydrogen-bond acceptors (Lipinski definition) is 3. The van der Waals surface area contributed by atoms with Crippen LogP contribution in [0.2, 0.25) is 5.02 Å². The maximum Gasteiger partial charge on any atom is 0.253 e. The van der Waals surface area contributed by atoms with E-state index in [1.54, 1.807) is 19.4 Å². The Labute approximate surface area is 164 Å². The molecule has 0 spiro atoms. The van der Waals surface area contributed by atoms with E-state index in [9.17, 15) is 4.79 Å². The number of rotatable bonds is 6. The highest BCUT2D eigenvalue weighted by Crippen LogP contribution is 2.21. The molecule has 138 valence electrons. The molecule has 5 heteroatoms. The van der Waals surface area contributed by atoms with Crippen LogP contribution in [0.5, 0.6) is 5.75 Å². The summed E-state index contributed by atoms with van der Waals surface area (Å²) >= 11 is 6.10. The Balaban J connectivity index is 1.84. The number of aromatic nitrogens is 1. The van der Waals surface area contributed by atoms with E-state index in [1.807, 2.05) is 61.5 Å². The summed E-state index contributed by atoms with van der Waals surface area (Å²) in [5.41, 5.74) is 3.20. The number of methoxy groups -OCH3 is 1. The molecule has 0 bridgehead atoms. The monoisotopic (exact) mass is 380 g/mol. The van der Waals surface area contributed by atoms with Gasteiger partial charge in [0.15, 0.2) is 0 Å². The lowest BCUT2D eigenvalue weighted by molar-refractivity contribution is 0.0938. The lowest BCUT2D eigenvalue weighted by Gasteiger charge is -2.16. The smallest absolute Gasteiger partial charge is 0.253 e. The van der Waals surface area contributed by atoms with Crippen LogP contribution in [-0.4, -0.2) is 18.0 Å². The molecule has 3 rings (SSSR count). The minimum absolute atomic E-state index is 0.123. The summed E-state index contributed by atoms with van der Waals surface area (Å²) in [5.74, 6) is 0.574. The van der Waals surface area contributed by atoms with Gasteiger partial charge in [-0.25, -0.2) is 0 Å². The molecule has 3 aromatic rings. The molecule has 0 saturated carbocycles. The number of pyridine rings is 1. The van der Waals surface area contributed by atoms with E-state index < -0.39 is 0 Å². The molecule has 27 heavy (non-hydrogen) atoms. The van der Waals surface area contributed by atoms with Gasteiger partial charge in [0.2, 0.25) is 0 Å². The van der Waals surface area contributed by atoms with Crippen molar-refractivity contribution in [3.05, 3.63) is 94.3 Å². The fourth-order valence-electron chi connectivity index (χ4n) is 2.88. The summed E-state index contributed by atoms with van der Waals surface area (Å²) in [7, 11) is 1.63. The average Bonchev–Trinajstić information content (AvgIpc) is 2.70. The molecule has 4 nitrogen and oxygen atoms in total. The number of ether oxygens (including phenoxy) is 1. The van der Waals surface area contributed by atoms with Crippen molar-refractivity contribution in [1.29, 1.82) is 0 Å². The van der Waals surface area contributed by atoms with E-state index in [0.717, 1.165) is 16.9 Å². The van der Waals surface area contributed by atoms with Gasteiger partial charge < -0.3 is 10.1 Å². The number of nitrogens with zero attached hydrogens (tertiary/aromatic N) is 1. The number of halogens is 1. The van der Waals surface area contributed by atoms with Crippen LogP contribution < -0.4 is 10.1 Å². The van der Waals surface area contributed by atoms with Gasteiger partial charge in [-0.1, -0.05) is 54.1 Å². The van der Waals surface area contributed by atoms with Gasteiger partial charge in [0.05, 0.1) is 29.4 Å². The Morgan fingerprint density at radius 1 is 1.15 bits per heavy atom. The van der Waals surface area contributed by atoms with Gasteiger partial charge in [-0.15, -0.1) is 0 Å². The molecule has 0 unspecified atom stereocenters. The summed E-state index contributed by atoms with van der Waals surface area (Å²) in [6.45, 7) is 1.95. The maximum absolute atomic E-state index is 12.9. The highest BCUT2D eigenvalue weighted by Gasteiger charge is 2.17. The molecule has 1 heterocycles. The molecule has 1 aromatic heterocycles. The lowest BCUT2D eigenvalue weighted by atomic mass is 10.0. The Morgan fingerprint density at radius 3 is 2.67 bits per heavy atom. The van der Waals surface area contributed by atoms with Crippen LogP contribution >= 0.6 is 11.6 Å². The Kier molecular flexibility index (Phi) is 6.09. The van der Waals surface area contributed by atoms with Gasteiger partial charge in [0.1, 0.15) is 5.75 Å². The van der Waals surface area contributed by atoms with E-state index in [-0.39, 0.29) is 11.9 Å². The second-order valence-electron chi connectivity index (χ2n) is 6.28. The maximum atomic E-state index is 12.9. The molecular formula is C22H21ClN2O2. The van der Waals surface area contributed by atoms with Crippen LogP contribution in [0.15, 0.2) is 66.9 Å². The molecule has 0 aliphatic rings. The number of amides is 1. The third-order valence-corrected chi connectivity index (χ3v) is 4.54. The molecular weight excluding hydrogens is 360 g/mol. The van der Waals surface area contributed by atoms with Crippen molar-refractivity contribution < 1.29 is 9.53 Å². The fraction of sp³-hybridized carbons (Fsp3) is 0.182. The third-order valence-electron chi connectivity index (χ3n) is 4.33. The number of carbonyl (C=O) groups excluding carboxylic acids is 1. The number of benzene rings is 2. The van der Waals surface area contributed by atoms with Crippen molar-refractivity contribution in [2.45, 2.75) is 19.4 Å². The number of hydrogen-bond donors (Lipinski definition) is 1. The lowest BCUT2D eigenvalue weighted by Crippen LogP contribution is -2.28. The molecule has 1 atom stereocenters. The van der Waals surface area contributed by atoms with E-state index >= 15 is 0 Å². The Hall–Kier alpha value is -2.85. The zero-order valence-corrected chi connectivity index (χ0v) is 16.0.